The zero-order valence-corrected chi connectivity index (χ0v) is 20.6. The number of amides is 1. The van der Waals surface area contributed by atoms with Gasteiger partial charge in [-0.05, 0) is 47.5 Å². The van der Waals surface area contributed by atoms with Crippen LogP contribution >= 0.6 is 0 Å². The van der Waals surface area contributed by atoms with Crippen LogP contribution in [0.5, 0.6) is 34.5 Å². The molecule has 3 heterocycles. The highest BCUT2D eigenvalue weighted by Gasteiger charge is 2.47. The number of Topliss-reactive ketones (excluding diaryl/α,β-unsaturated/α-hetero) is 1. The highest BCUT2D eigenvalue weighted by atomic mass is 16.7. The maximum atomic E-state index is 13.5. The van der Waals surface area contributed by atoms with Crippen LogP contribution in [0, 0.1) is 0 Å². The van der Waals surface area contributed by atoms with Crippen molar-refractivity contribution in [3.05, 3.63) is 76.9 Å². The van der Waals surface area contributed by atoms with Crippen molar-refractivity contribution >= 4 is 17.4 Å². The number of ketones is 1. The van der Waals surface area contributed by atoms with Crippen LogP contribution < -0.4 is 28.4 Å². The van der Waals surface area contributed by atoms with Crippen LogP contribution in [0.1, 0.15) is 22.7 Å². The molecule has 194 valence electrons. The van der Waals surface area contributed by atoms with Crippen LogP contribution in [0.4, 0.5) is 0 Å². The molecule has 3 aliphatic rings. The second-order valence-electron chi connectivity index (χ2n) is 8.80. The van der Waals surface area contributed by atoms with E-state index in [2.05, 4.69) is 0 Å². The minimum absolute atomic E-state index is 0.0103. The molecule has 38 heavy (non-hydrogen) atoms. The lowest BCUT2D eigenvalue weighted by Gasteiger charge is -2.26. The first-order valence-corrected chi connectivity index (χ1v) is 11.8. The van der Waals surface area contributed by atoms with Gasteiger partial charge in [-0.3, -0.25) is 9.59 Å². The van der Waals surface area contributed by atoms with Gasteiger partial charge < -0.3 is 38.4 Å². The van der Waals surface area contributed by atoms with E-state index in [1.54, 1.807) is 54.6 Å². The molecule has 10 nitrogen and oxygen atoms in total. The van der Waals surface area contributed by atoms with Gasteiger partial charge in [0.2, 0.25) is 19.3 Å². The Morgan fingerprint density at radius 1 is 0.921 bits per heavy atom. The molecule has 0 aliphatic carbocycles. The fourth-order valence-electron chi connectivity index (χ4n) is 4.86. The lowest BCUT2D eigenvalue weighted by atomic mass is 9.94. The normalized spacial score (nSPS) is 18.7. The maximum absolute atomic E-state index is 13.5. The molecule has 1 N–H and O–H groups in total. The minimum atomic E-state index is -0.949. The third kappa shape index (κ3) is 3.81. The Morgan fingerprint density at radius 3 is 2.53 bits per heavy atom. The molecular formula is C28H23NO9. The number of aliphatic hydroxyl groups is 1. The molecule has 3 aliphatic heterocycles. The van der Waals surface area contributed by atoms with Gasteiger partial charge in [-0.15, -0.1) is 0 Å². The number of methoxy groups -OCH3 is 2. The monoisotopic (exact) mass is 517 g/mol. The van der Waals surface area contributed by atoms with E-state index >= 15 is 0 Å². The number of carbonyl (C=O) groups excluding carboxylic acids is 2. The average molecular weight is 517 g/mol. The van der Waals surface area contributed by atoms with E-state index < -0.39 is 17.7 Å². The van der Waals surface area contributed by atoms with Gasteiger partial charge in [0, 0.05) is 12.1 Å². The average Bonchev–Trinajstić information content (AvgIpc) is 3.67. The number of hydrogen-bond acceptors (Lipinski definition) is 9. The maximum Gasteiger partial charge on any atom is 0.295 e. The summed E-state index contributed by atoms with van der Waals surface area (Å²) in [5.41, 5.74) is 1.50. The van der Waals surface area contributed by atoms with Crippen LogP contribution in [0.2, 0.25) is 0 Å². The Morgan fingerprint density at radius 2 is 1.71 bits per heavy atom. The molecule has 3 aromatic carbocycles. The summed E-state index contributed by atoms with van der Waals surface area (Å²) in [6, 6.07) is 14.4. The third-order valence-electron chi connectivity index (χ3n) is 6.67. The lowest BCUT2D eigenvalue weighted by Crippen LogP contribution is -2.29. The molecule has 1 amide bonds. The highest BCUT2D eigenvalue weighted by Crippen LogP contribution is 2.48. The number of nitrogens with zero attached hydrogens (tertiary/aromatic N) is 1. The summed E-state index contributed by atoms with van der Waals surface area (Å²) in [6.07, 6.45) is 0. The number of aliphatic hydroxyl groups excluding tert-OH is 1. The topological polar surface area (TPSA) is 113 Å². The summed E-state index contributed by atoms with van der Waals surface area (Å²) in [5, 5.41) is 11.4. The van der Waals surface area contributed by atoms with E-state index in [0.717, 1.165) is 5.56 Å². The fraction of sp³-hybridized carbons (Fsp3) is 0.214. The minimum Gasteiger partial charge on any atom is -0.507 e. The summed E-state index contributed by atoms with van der Waals surface area (Å²) in [6.45, 7) is 0.189. The molecule has 1 fully saturated rings. The first-order chi connectivity index (χ1) is 18.5. The predicted octanol–water partition coefficient (Wildman–Crippen LogP) is 3.78. The fourth-order valence-corrected chi connectivity index (χ4v) is 4.86. The van der Waals surface area contributed by atoms with Gasteiger partial charge in [-0.25, -0.2) is 0 Å². The van der Waals surface area contributed by atoms with Crippen LogP contribution in [0.3, 0.4) is 0 Å². The molecule has 0 spiro atoms. The van der Waals surface area contributed by atoms with Crippen molar-refractivity contribution in [2.75, 3.05) is 27.8 Å². The molecule has 3 aromatic rings. The Hall–Kier alpha value is -4.86. The van der Waals surface area contributed by atoms with Gasteiger partial charge in [0.25, 0.3) is 11.7 Å². The van der Waals surface area contributed by atoms with Crippen LogP contribution in [-0.2, 0) is 16.1 Å². The standard InChI is InChI=1S/C28H23NO9/c1-33-18-5-3-4-16(9-18)25(30)23-24(17-10-21(34-2)27-22(11-17)37-14-38-27)29(28(32)26(23)31)12-15-6-7-19-20(8-15)36-13-35-19/h3-11,24,30H,12-14H2,1-2H3. The number of fused-ring (bicyclic) bond motifs is 2. The van der Waals surface area contributed by atoms with Crippen molar-refractivity contribution in [2.24, 2.45) is 0 Å². The molecule has 1 saturated heterocycles. The number of benzene rings is 3. The van der Waals surface area contributed by atoms with Gasteiger partial charge in [-0.2, -0.15) is 0 Å². The predicted molar refractivity (Wildman–Crippen MR) is 133 cm³/mol. The summed E-state index contributed by atoms with van der Waals surface area (Å²) in [7, 11) is 2.99. The summed E-state index contributed by atoms with van der Waals surface area (Å²) >= 11 is 0. The van der Waals surface area contributed by atoms with Gasteiger partial charge >= 0.3 is 0 Å². The van der Waals surface area contributed by atoms with Gasteiger partial charge in [0.1, 0.15) is 11.5 Å². The van der Waals surface area contributed by atoms with Crippen molar-refractivity contribution < 1.29 is 43.1 Å². The number of carbonyl (C=O) groups is 2. The van der Waals surface area contributed by atoms with E-state index in [9.17, 15) is 14.7 Å². The first kappa shape index (κ1) is 23.5. The molecule has 0 radical (unpaired) electrons. The molecule has 1 atom stereocenters. The largest absolute Gasteiger partial charge is 0.507 e. The first-order valence-electron chi connectivity index (χ1n) is 11.8. The van der Waals surface area contributed by atoms with Crippen molar-refractivity contribution in [1.29, 1.82) is 0 Å². The number of likely N-dealkylation sites (tertiary alicyclic amines) is 1. The lowest BCUT2D eigenvalue weighted by molar-refractivity contribution is -0.140. The highest BCUT2D eigenvalue weighted by molar-refractivity contribution is 6.46. The molecule has 1 unspecified atom stereocenters. The van der Waals surface area contributed by atoms with Gasteiger partial charge in [0.05, 0.1) is 25.8 Å². The van der Waals surface area contributed by atoms with Crippen molar-refractivity contribution in [1.82, 2.24) is 4.90 Å². The van der Waals surface area contributed by atoms with Gasteiger partial charge in [-0.1, -0.05) is 18.2 Å². The molecular weight excluding hydrogens is 494 g/mol. The Balaban J connectivity index is 1.50. The Kier molecular flexibility index (Phi) is 5.71. The number of hydrogen-bond donors (Lipinski definition) is 1. The van der Waals surface area contributed by atoms with Gasteiger partial charge in [0.15, 0.2) is 23.0 Å². The third-order valence-corrected chi connectivity index (χ3v) is 6.67. The summed E-state index contributed by atoms with van der Waals surface area (Å²) < 4.78 is 32.8. The smallest absolute Gasteiger partial charge is 0.295 e. The Bertz CT molecular complexity index is 1500. The zero-order chi connectivity index (χ0) is 26.4. The van der Waals surface area contributed by atoms with E-state index in [4.69, 9.17) is 28.4 Å². The molecule has 10 heteroatoms. The molecule has 0 bridgehead atoms. The Labute approximate surface area is 217 Å². The van der Waals surface area contributed by atoms with Crippen LogP contribution in [-0.4, -0.2) is 49.5 Å². The van der Waals surface area contributed by atoms with Crippen LogP contribution in [0.15, 0.2) is 60.2 Å². The molecule has 6 rings (SSSR count). The van der Waals surface area contributed by atoms with Crippen molar-refractivity contribution in [2.45, 2.75) is 12.6 Å². The second-order valence-corrected chi connectivity index (χ2v) is 8.80. The number of rotatable bonds is 6. The SMILES string of the molecule is COc1cccc(C(O)=C2C(=O)C(=O)N(Cc3ccc4c(c3)OCO4)C2c2cc(OC)c3c(c2)OCO3)c1. The van der Waals surface area contributed by atoms with Crippen molar-refractivity contribution in [3.63, 3.8) is 0 Å². The second kappa shape index (κ2) is 9.22. The van der Waals surface area contributed by atoms with E-state index in [1.165, 1.54) is 19.1 Å². The van der Waals surface area contributed by atoms with Crippen LogP contribution in [0.25, 0.3) is 5.76 Å². The molecule has 0 saturated carbocycles. The van der Waals surface area contributed by atoms with E-state index in [-0.39, 0.29) is 31.5 Å². The number of ether oxygens (including phenoxy) is 6. The zero-order valence-electron chi connectivity index (χ0n) is 20.6. The van der Waals surface area contributed by atoms with Crippen molar-refractivity contribution in [3.8, 4) is 34.5 Å². The van der Waals surface area contributed by atoms with E-state index in [1.807, 2.05) is 0 Å². The summed E-state index contributed by atoms with van der Waals surface area (Å²) in [5.74, 6) is 0.974. The quantitative estimate of drug-likeness (QED) is 0.296. The van der Waals surface area contributed by atoms with E-state index in [0.29, 0.717) is 45.6 Å². The summed E-state index contributed by atoms with van der Waals surface area (Å²) in [4.78, 5) is 28.3. The molecule has 0 aromatic heterocycles.